The summed E-state index contributed by atoms with van der Waals surface area (Å²) in [4.78, 5) is 29.3. The van der Waals surface area contributed by atoms with E-state index in [1.165, 1.54) is 0 Å². The first kappa shape index (κ1) is 15.2. The lowest BCUT2D eigenvalue weighted by Crippen LogP contribution is -2.48. The van der Waals surface area contributed by atoms with Crippen LogP contribution >= 0.6 is 11.6 Å². The van der Waals surface area contributed by atoms with Gasteiger partial charge in [0.05, 0.1) is 19.1 Å². The Kier molecular flexibility index (Phi) is 3.15. The standard InChI is InChI=1S/C19H17ClN2O3/c20-15-6-2-3-12-13(15)4-1-5-14(12)18(24)21-8-7-19-16(21)11-17(23)22(19)9-10-25-19/h1-6,16H,7-11H2/t16-,19+/m1/s1. The molecule has 0 unspecified atom stereocenters. The second kappa shape index (κ2) is 5.19. The first-order valence-corrected chi connectivity index (χ1v) is 8.92. The molecule has 5 nitrogen and oxygen atoms in total. The Morgan fingerprint density at radius 3 is 2.84 bits per heavy atom. The normalized spacial score (nSPS) is 27.9. The van der Waals surface area contributed by atoms with Crippen LogP contribution in [-0.4, -0.2) is 53.1 Å². The molecular formula is C19H17ClN2O3. The predicted octanol–water partition coefficient (Wildman–Crippen LogP) is 2.67. The molecule has 3 fully saturated rings. The minimum Gasteiger partial charge on any atom is -0.351 e. The molecule has 2 amide bonds. The van der Waals surface area contributed by atoms with Gasteiger partial charge in [0.2, 0.25) is 5.91 Å². The number of fused-ring (bicyclic) bond motifs is 1. The molecule has 0 radical (unpaired) electrons. The highest BCUT2D eigenvalue weighted by atomic mass is 35.5. The lowest BCUT2D eigenvalue weighted by Gasteiger charge is -2.31. The number of rotatable bonds is 1. The molecule has 0 N–H and O–H groups in total. The van der Waals surface area contributed by atoms with E-state index in [1.807, 2.05) is 46.2 Å². The number of ether oxygens (including phenoxy) is 1. The van der Waals surface area contributed by atoms with Crippen molar-refractivity contribution >= 4 is 34.2 Å². The van der Waals surface area contributed by atoms with E-state index in [9.17, 15) is 9.59 Å². The third kappa shape index (κ3) is 1.94. The monoisotopic (exact) mass is 356 g/mol. The third-order valence-corrected chi connectivity index (χ3v) is 6.09. The Morgan fingerprint density at radius 1 is 1.16 bits per heavy atom. The van der Waals surface area contributed by atoms with Gasteiger partial charge < -0.3 is 14.5 Å². The summed E-state index contributed by atoms with van der Waals surface area (Å²) < 4.78 is 5.97. The van der Waals surface area contributed by atoms with Crippen molar-refractivity contribution in [2.75, 3.05) is 19.7 Å². The Balaban J connectivity index is 1.56. The summed E-state index contributed by atoms with van der Waals surface area (Å²) in [6, 6.07) is 11.0. The van der Waals surface area contributed by atoms with E-state index in [-0.39, 0.29) is 17.9 Å². The summed E-state index contributed by atoms with van der Waals surface area (Å²) in [5.74, 6) is 0.0286. The maximum atomic E-state index is 13.3. The van der Waals surface area contributed by atoms with Gasteiger partial charge in [0.25, 0.3) is 5.91 Å². The van der Waals surface area contributed by atoms with Gasteiger partial charge in [-0.2, -0.15) is 0 Å². The highest BCUT2D eigenvalue weighted by molar-refractivity contribution is 6.36. The molecule has 3 aliphatic rings. The van der Waals surface area contributed by atoms with E-state index in [2.05, 4.69) is 0 Å². The van der Waals surface area contributed by atoms with Crippen LogP contribution in [0.1, 0.15) is 23.2 Å². The fourth-order valence-corrected chi connectivity index (χ4v) is 4.89. The highest BCUT2D eigenvalue weighted by Crippen LogP contribution is 2.46. The van der Waals surface area contributed by atoms with Crippen molar-refractivity contribution in [3.05, 3.63) is 47.0 Å². The van der Waals surface area contributed by atoms with Crippen LogP contribution in [0.25, 0.3) is 10.8 Å². The maximum Gasteiger partial charge on any atom is 0.254 e. The van der Waals surface area contributed by atoms with E-state index in [1.54, 1.807) is 0 Å². The average Bonchev–Trinajstić information content (AvgIpc) is 3.25. The SMILES string of the molecule is O=C(c1cccc2c(Cl)cccc12)N1CC[C@@]23OCCN2C(=O)C[C@@H]13. The van der Waals surface area contributed by atoms with E-state index in [0.29, 0.717) is 43.1 Å². The molecule has 3 heterocycles. The molecule has 25 heavy (non-hydrogen) atoms. The summed E-state index contributed by atoms with van der Waals surface area (Å²) in [5.41, 5.74) is 0.0237. The number of hydrogen-bond donors (Lipinski definition) is 0. The second-order valence-corrected chi connectivity index (χ2v) is 7.25. The average molecular weight is 357 g/mol. The molecule has 1 spiro atoms. The smallest absolute Gasteiger partial charge is 0.254 e. The number of hydrogen-bond acceptors (Lipinski definition) is 3. The van der Waals surface area contributed by atoms with Gasteiger partial charge in [-0.3, -0.25) is 9.59 Å². The fourth-order valence-electron chi connectivity index (χ4n) is 4.65. The molecule has 0 aliphatic carbocycles. The molecule has 0 bridgehead atoms. The lowest BCUT2D eigenvalue weighted by atomic mass is 10.0. The Bertz CT molecular complexity index is 915. The number of benzene rings is 2. The van der Waals surface area contributed by atoms with Gasteiger partial charge >= 0.3 is 0 Å². The zero-order valence-corrected chi connectivity index (χ0v) is 14.3. The third-order valence-electron chi connectivity index (χ3n) is 5.76. The zero-order valence-electron chi connectivity index (χ0n) is 13.6. The molecule has 0 saturated carbocycles. The number of nitrogens with zero attached hydrogens (tertiary/aromatic N) is 2. The fraction of sp³-hybridized carbons (Fsp3) is 0.368. The summed E-state index contributed by atoms with van der Waals surface area (Å²) in [6.07, 6.45) is 1.03. The zero-order chi connectivity index (χ0) is 17.2. The van der Waals surface area contributed by atoms with Gasteiger partial charge in [0.15, 0.2) is 5.72 Å². The summed E-state index contributed by atoms with van der Waals surface area (Å²) in [6.45, 7) is 1.78. The Hall–Kier alpha value is -2.11. The van der Waals surface area contributed by atoms with Gasteiger partial charge in [-0.05, 0) is 17.5 Å². The van der Waals surface area contributed by atoms with Gasteiger partial charge in [-0.15, -0.1) is 0 Å². The molecule has 2 atom stereocenters. The maximum absolute atomic E-state index is 13.3. The Morgan fingerprint density at radius 2 is 1.96 bits per heavy atom. The molecule has 2 aromatic carbocycles. The van der Waals surface area contributed by atoms with Crippen LogP contribution in [0.3, 0.4) is 0 Å². The second-order valence-electron chi connectivity index (χ2n) is 6.85. The summed E-state index contributed by atoms with van der Waals surface area (Å²) in [7, 11) is 0. The van der Waals surface area contributed by atoms with Crippen molar-refractivity contribution in [2.45, 2.75) is 24.6 Å². The van der Waals surface area contributed by atoms with E-state index in [4.69, 9.17) is 16.3 Å². The van der Waals surface area contributed by atoms with Crippen LogP contribution in [0.2, 0.25) is 5.02 Å². The van der Waals surface area contributed by atoms with Gasteiger partial charge in [0, 0.05) is 35.5 Å². The molecular weight excluding hydrogens is 340 g/mol. The number of amides is 2. The molecule has 2 aromatic rings. The lowest BCUT2D eigenvalue weighted by molar-refractivity contribution is -0.136. The van der Waals surface area contributed by atoms with Crippen LogP contribution in [0.15, 0.2) is 36.4 Å². The first-order chi connectivity index (χ1) is 12.1. The molecule has 3 aliphatic heterocycles. The number of carbonyl (C=O) groups is 2. The van der Waals surface area contributed by atoms with Crippen molar-refractivity contribution in [1.29, 1.82) is 0 Å². The van der Waals surface area contributed by atoms with Crippen molar-refractivity contribution in [1.82, 2.24) is 9.80 Å². The minimum atomic E-state index is -0.602. The van der Waals surface area contributed by atoms with Gasteiger partial charge in [-0.1, -0.05) is 35.9 Å². The van der Waals surface area contributed by atoms with E-state index < -0.39 is 5.72 Å². The summed E-state index contributed by atoms with van der Waals surface area (Å²) >= 11 is 6.28. The summed E-state index contributed by atoms with van der Waals surface area (Å²) in [5, 5.41) is 2.34. The topological polar surface area (TPSA) is 49.9 Å². The molecule has 0 aromatic heterocycles. The van der Waals surface area contributed by atoms with E-state index in [0.717, 1.165) is 10.8 Å². The van der Waals surface area contributed by atoms with Gasteiger partial charge in [-0.25, -0.2) is 0 Å². The Labute approximate surface area is 150 Å². The molecule has 128 valence electrons. The van der Waals surface area contributed by atoms with Crippen LogP contribution < -0.4 is 0 Å². The number of likely N-dealkylation sites (tertiary alicyclic amines) is 1. The molecule has 3 saturated heterocycles. The van der Waals surface area contributed by atoms with Crippen molar-refractivity contribution in [2.24, 2.45) is 0 Å². The van der Waals surface area contributed by atoms with Crippen LogP contribution in [0.5, 0.6) is 0 Å². The van der Waals surface area contributed by atoms with Crippen LogP contribution in [-0.2, 0) is 9.53 Å². The van der Waals surface area contributed by atoms with Crippen molar-refractivity contribution in [3.8, 4) is 0 Å². The van der Waals surface area contributed by atoms with E-state index >= 15 is 0 Å². The minimum absolute atomic E-state index is 0.0557. The number of carbonyl (C=O) groups excluding carboxylic acids is 2. The van der Waals surface area contributed by atoms with Crippen molar-refractivity contribution in [3.63, 3.8) is 0 Å². The number of halogens is 1. The van der Waals surface area contributed by atoms with Gasteiger partial charge in [0.1, 0.15) is 0 Å². The predicted molar refractivity (Wildman–Crippen MR) is 93.4 cm³/mol. The van der Waals surface area contributed by atoms with Crippen LogP contribution in [0, 0.1) is 0 Å². The quantitative estimate of drug-likeness (QED) is 0.789. The van der Waals surface area contributed by atoms with Crippen molar-refractivity contribution < 1.29 is 14.3 Å². The first-order valence-electron chi connectivity index (χ1n) is 8.54. The molecule has 6 heteroatoms. The van der Waals surface area contributed by atoms with Crippen LogP contribution in [0.4, 0.5) is 0 Å². The largest absolute Gasteiger partial charge is 0.351 e. The highest BCUT2D eigenvalue weighted by Gasteiger charge is 2.62. The molecule has 5 rings (SSSR count).